The van der Waals surface area contributed by atoms with Crippen molar-refractivity contribution in [2.75, 3.05) is 6.61 Å². The fourth-order valence-corrected chi connectivity index (χ4v) is 2.42. The quantitative estimate of drug-likeness (QED) is 0.832. The minimum atomic E-state index is 0.115. The molecule has 1 N–H and O–H groups in total. The first-order valence-electron chi connectivity index (χ1n) is 5.88. The van der Waals surface area contributed by atoms with E-state index >= 15 is 0 Å². The molecular weight excluding hydrogens is 190 g/mol. The summed E-state index contributed by atoms with van der Waals surface area (Å²) in [6, 6.07) is 0. The third-order valence-corrected chi connectivity index (χ3v) is 3.19. The van der Waals surface area contributed by atoms with Gasteiger partial charge in [0.15, 0.2) is 5.89 Å². The summed E-state index contributed by atoms with van der Waals surface area (Å²) in [6.45, 7) is 2.10. The summed E-state index contributed by atoms with van der Waals surface area (Å²) >= 11 is 0. The Morgan fingerprint density at radius 2 is 2.07 bits per heavy atom. The van der Waals surface area contributed by atoms with Gasteiger partial charge >= 0.3 is 0 Å². The van der Waals surface area contributed by atoms with Gasteiger partial charge in [-0.2, -0.15) is 0 Å². The first kappa shape index (κ1) is 10.7. The lowest BCUT2D eigenvalue weighted by Crippen LogP contribution is -2.06. The lowest BCUT2D eigenvalue weighted by atomic mass is 9.86. The third kappa shape index (κ3) is 2.40. The van der Waals surface area contributed by atoms with Crippen molar-refractivity contribution in [3.8, 4) is 0 Å². The zero-order valence-corrected chi connectivity index (χ0v) is 9.33. The number of hydrogen-bond donors (Lipinski definition) is 1. The van der Waals surface area contributed by atoms with E-state index in [1.54, 1.807) is 0 Å². The van der Waals surface area contributed by atoms with E-state index in [0.29, 0.717) is 18.2 Å². The second kappa shape index (κ2) is 4.79. The Balaban J connectivity index is 2.11. The Bertz CT molecular complexity index is 313. The van der Waals surface area contributed by atoms with Gasteiger partial charge in [0.25, 0.3) is 0 Å². The summed E-state index contributed by atoms with van der Waals surface area (Å²) in [6.07, 6.45) is 7.00. The highest BCUT2D eigenvalue weighted by Gasteiger charge is 2.21. The van der Waals surface area contributed by atoms with Crippen LogP contribution in [0.25, 0.3) is 0 Å². The van der Waals surface area contributed by atoms with E-state index < -0.39 is 0 Å². The van der Waals surface area contributed by atoms with Crippen LogP contribution in [0.2, 0.25) is 0 Å². The molecule has 1 aromatic heterocycles. The molecule has 1 heterocycles. The van der Waals surface area contributed by atoms with Crippen molar-refractivity contribution in [1.82, 2.24) is 4.98 Å². The van der Waals surface area contributed by atoms with E-state index in [9.17, 15) is 0 Å². The molecular formula is C12H19NO2. The van der Waals surface area contributed by atoms with Gasteiger partial charge < -0.3 is 9.52 Å². The van der Waals surface area contributed by atoms with E-state index in [0.717, 1.165) is 11.5 Å². The van der Waals surface area contributed by atoms with Crippen molar-refractivity contribution in [2.24, 2.45) is 0 Å². The van der Waals surface area contributed by atoms with Gasteiger partial charge in [0.1, 0.15) is 5.76 Å². The number of rotatable bonds is 3. The molecule has 0 unspecified atom stereocenters. The van der Waals surface area contributed by atoms with Crippen LogP contribution < -0.4 is 0 Å². The fourth-order valence-electron chi connectivity index (χ4n) is 2.42. The van der Waals surface area contributed by atoms with E-state index in [2.05, 4.69) is 4.98 Å². The molecule has 2 rings (SSSR count). The molecule has 0 spiro atoms. The van der Waals surface area contributed by atoms with E-state index in [-0.39, 0.29) is 6.61 Å². The minimum absolute atomic E-state index is 0.115. The molecule has 0 radical (unpaired) electrons. The van der Waals surface area contributed by atoms with Gasteiger partial charge in [-0.1, -0.05) is 19.3 Å². The summed E-state index contributed by atoms with van der Waals surface area (Å²) in [5.41, 5.74) is 1.14. The number of aromatic nitrogens is 1. The first-order chi connectivity index (χ1) is 7.31. The number of aryl methyl sites for hydroxylation is 1. The molecule has 1 aliphatic rings. The SMILES string of the molecule is Cc1oc(CCO)nc1C1CCCCC1. The maximum Gasteiger partial charge on any atom is 0.196 e. The van der Waals surface area contributed by atoms with Crippen LogP contribution in [0.4, 0.5) is 0 Å². The second-order valence-electron chi connectivity index (χ2n) is 4.36. The Labute approximate surface area is 90.5 Å². The van der Waals surface area contributed by atoms with Crippen molar-refractivity contribution in [2.45, 2.75) is 51.4 Å². The number of oxazole rings is 1. The lowest BCUT2D eigenvalue weighted by molar-refractivity contribution is 0.284. The maximum atomic E-state index is 8.83. The molecule has 0 saturated heterocycles. The molecule has 0 atom stereocenters. The van der Waals surface area contributed by atoms with Crippen LogP contribution in [0.1, 0.15) is 55.4 Å². The molecule has 1 fully saturated rings. The van der Waals surface area contributed by atoms with Gasteiger partial charge in [-0.3, -0.25) is 0 Å². The summed E-state index contributed by atoms with van der Waals surface area (Å²) in [5, 5.41) is 8.83. The van der Waals surface area contributed by atoms with E-state index in [1.165, 1.54) is 32.1 Å². The zero-order chi connectivity index (χ0) is 10.7. The molecule has 0 aliphatic heterocycles. The summed E-state index contributed by atoms with van der Waals surface area (Å²) in [5.74, 6) is 2.23. The molecule has 84 valence electrons. The van der Waals surface area contributed by atoms with Gasteiger partial charge in [-0.15, -0.1) is 0 Å². The van der Waals surface area contributed by atoms with Crippen LogP contribution >= 0.6 is 0 Å². The van der Waals surface area contributed by atoms with Gasteiger partial charge in [-0.05, 0) is 19.8 Å². The van der Waals surface area contributed by atoms with Crippen LogP contribution in [0, 0.1) is 6.92 Å². The van der Waals surface area contributed by atoms with Crippen LogP contribution in [0.3, 0.4) is 0 Å². The van der Waals surface area contributed by atoms with Gasteiger partial charge in [0.05, 0.1) is 12.3 Å². The van der Waals surface area contributed by atoms with Crippen molar-refractivity contribution in [3.05, 3.63) is 17.3 Å². The number of aliphatic hydroxyl groups is 1. The maximum absolute atomic E-state index is 8.83. The minimum Gasteiger partial charge on any atom is -0.446 e. The highest BCUT2D eigenvalue weighted by molar-refractivity contribution is 5.14. The van der Waals surface area contributed by atoms with Gasteiger partial charge in [0, 0.05) is 12.3 Å². The molecule has 0 bridgehead atoms. The predicted molar refractivity (Wildman–Crippen MR) is 57.9 cm³/mol. The monoisotopic (exact) mass is 209 g/mol. The first-order valence-corrected chi connectivity index (χ1v) is 5.88. The molecule has 15 heavy (non-hydrogen) atoms. The highest BCUT2D eigenvalue weighted by Crippen LogP contribution is 2.33. The van der Waals surface area contributed by atoms with E-state index in [1.807, 2.05) is 6.92 Å². The van der Waals surface area contributed by atoms with Crippen molar-refractivity contribution in [3.63, 3.8) is 0 Å². The van der Waals surface area contributed by atoms with Gasteiger partial charge in [-0.25, -0.2) is 4.98 Å². The zero-order valence-electron chi connectivity index (χ0n) is 9.33. The number of aliphatic hydroxyl groups excluding tert-OH is 1. The average Bonchev–Trinajstić information content (AvgIpc) is 2.61. The molecule has 3 heteroatoms. The van der Waals surface area contributed by atoms with Crippen molar-refractivity contribution < 1.29 is 9.52 Å². The Morgan fingerprint density at radius 3 is 2.73 bits per heavy atom. The van der Waals surface area contributed by atoms with Crippen LogP contribution in [-0.2, 0) is 6.42 Å². The van der Waals surface area contributed by atoms with Crippen molar-refractivity contribution in [1.29, 1.82) is 0 Å². The van der Waals surface area contributed by atoms with Crippen LogP contribution in [0.15, 0.2) is 4.42 Å². The highest BCUT2D eigenvalue weighted by atomic mass is 16.4. The predicted octanol–water partition coefficient (Wildman–Crippen LogP) is 2.57. The number of nitrogens with zero attached hydrogens (tertiary/aromatic N) is 1. The topological polar surface area (TPSA) is 46.3 Å². The Kier molecular flexibility index (Phi) is 3.41. The van der Waals surface area contributed by atoms with Crippen LogP contribution in [-0.4, -0.2) is 16.7 Å². The number of hydrogen-bond acceptors (Lipinski definition) is 3. The molecule has 1 saturated carbocycles. The molecule has 1 aliphatic carbocycles. The average molecular weight is 209 g/mol. The fraction of sp³-hybridized carbons (Fsp3) is 0.750. The summed E-state index contributed by atoms with van der Waals surface area (Å²) < 4.78 is 5.54. The summed E-state index contributed by atoms with van der Waals surface area (Å²) in [7, 11) is 0. The second-order valence-corrected chi connectivity index (χ2v) is 4.36. The lowest BCUT2D eigenvalue weighted by Gasteiger charge is -2.19. The molecule has 1 aromatic rings. The van der Waals surface area contributed by atoms with E-state index in [4.69, 9.17) is 9.52 Å². The normalized spacial score (nSPS) is 18.3. The molecule has 0 aromatic carbocycles. The largest absolute Gasteiger partial charge is 0.446 e. The Hall–Kier alpha value is -0.830. The third-order valence-electron chi connectivity index (χ3n) is 3.19. The molecule has 0 amide bonds. The molecule has 3 nitrogen and oxygen atoms in total. The Morgan fingerprint density at radius 1 is 1.33 bits per heavy atom. The standard InChI is InChI=1S/C12H19NO2/c1-9-12(10-5-3-2-4-6-10)13-11(15-9)7-8-14/h10,14H,2-8H2,1H3. The smallest absolute Gasteiger partial charge is 0.196 e. The summed E-state index contributed by atoms with van der Waals surface area (Å²) in [4.78, 5) is 4.50. The van der Waals surface area contributed by atoms with Crippen LogP contribution in [0.5, 0.6) is 0 Å². The van der Waals surface area contributed by atoms with Gasteiger partial charge in [0.2, 0.25) is 0 Å². The van der Waals surface area contributed by atoms with Crippen molar-refractivity contribution >= 4 is 0 Å².